The van der Waals surface area contributed by atoms with Gasteiger partial charge in [0.1, 0.15) is 0 Å². The van der Waals surface area contributed by atoms with E-state index in [1.54, 1.807) is 0 Å². The summed E-state index contributed by atoms with van der Waals surface area (Å²) in [6, 6.07) is 0. The monoisotopic (exact) mass is 616 g/mol. The number of hydroxylamine groups is 2. The number of hydrogen-bond donors (Lipinski definition) is 2. The van der Waals surface area contributed by atoms with Crippen LogP contribution in [0.5, 0.6) is 0 Å². The average Bonchev–Trinajstić information content (AvgIpc) is 3.18. The van der Waals surface area contributed by atoms with E-state index in [9.17, 15) is 38.4 Å². The van der Waals surface area contributed by atoms with Crippen molar-refractivity contribution in [3.8, 4) is 0 Å². The van der Waals surface area contributed by atoms with Gasteiger partial charge in [-0.2, -0.15) is 12.6 Å². The Balaban J connectivity index is 0. The molecule has 0 aromatic heterocycles. The highest BCUT2D eigenvalue weighted by Gasteiger charge is 2.33. The van der Waals surface area contributed by atoms with Crippen molar-refractivity contribution in [2.75, 3.05) is 38.4 Å². The minimum Gasteiger partial charge on any atom is -0.428 e. The van der Waals surface area contributed by atoms with Crippen LogP contribution in [0.15, 0.2) is 0 Å². The number of ether oxygens (including phenoxy) is 6. The van der Waals surface area contributed by atoms with Gasteiger partial charge in [0.15, 0.2) is 0 Å². The molecule has 1 saturated heterocycles. The number of carbonyl (C=O) groups is 8. The minimum absolute atomic E-state index is 0.00391. The van der Waals surface area contributed by atoms with Gasteiger partial charge in [0.2, 0.25) is 20.4 Å². The molecule has 0 atom stereocenters. The number of hydrogen-bond acceptors (Lipinski definition) is 18. The first-order valence-electron chi connectivity index (χ1n) is 11.2. The fourth-order valence-corrected chi connectivity index (χ4v) is 2.33. The third-order valence-electron chi connectivity index (χ3n) is 3.41. The van der Waals surface area contributed by atoms with Crippen LogP contribution < -0.4 is 5.73 Å². The highest BCUT2D eigenvalue weighted by atomic mass is 32.2. The number of thioether (sulfide) groups is 1. The molecule has 19 heteroatoms. The SMILES string of the molecule is CC(=O)OCOC(=O)CCCSC(=O)OCOC(C)=O.CC(=O)OCOC(=O)ON1C(=O)CCC1=O.NCCS. The van der Waals surface area contributed by atoms with E-state index in [1.807, 2.05) is 0 Å². The van der Waals surface area contributed by atoms with E-state index in [-0.39, 0.29) is 19.3 Å². The smallest absolute Gasteiger partial charge is 0.428 e. The summed E-state index contributed by atoms with van der Waals surface area (Å²) in [5.74, 6) is -2.34. The molecule has 0 saturated carbocycles. The molecule has 0 aromatic rings. The van der Waals surface area contributed by atoms with Gasteiger partial charge in [0, 0.05) is 58.1 Å². The molecule has 0 aliphatic carbocycles. The molecule has 40 heavy (non-hydrogen) atoms. The Bertz CT molecular complexity index is 817. The van der Waals surface area contributed by atoms with Crippen molar-refractivity contribution < 1.29 is 71.6 Å². The van der Waals surface area contributed by atoms with Crippen molar-refractivity contribution in [2.45, 2.75) is 46.5 Å². The Hall–Kier alpha value is -3.58. The van der Waals surface area contributed by atoms with Crippen LogP contribution in [-0.4, -0.2) is 90.6 Å². The molecule has 1 rings (SSSR count). The Morgan fingerprint density at radius 1 is 0.800 bits per heavy atom. The zero-order valence-corrected chi connectivity index (χ0v) is 23.8. The van der Waals surface area contributed by atoms with Gasteiger partial charge in [-0.3, -0.25) is 33.6 Å². The second-order valence-electron chi connectivity index (χ2n) is 6.70. The van der Waals surface area contributed by atoms with Gasteiger partial charge in [-0.25, -0.2) is 9.59 Å². The maximum absolute atomic E-state index is 11.1. The Kier molecular flexibility index (Phi) is 23.6. The molecule has 0 unspecified atom stereocenters. The predicted molar refractivity (Wildman–Crippen MR) is 136 cm³/mol. The Morgan fingerprint density at radius 2 is 1.25 bits per heavy atom. The third kappa shape index (κ3) is 24.7. The number of nitrogens with zero attached hydrogens (tertiary/aromatic N) is 1. The topological polar surface area (TPSA) is 230 Å². The van der Waals surface area contributed by atoms with Crippen molar-refractivity contribution in [3.05, 3.63) is 0 Å². The van der Waals surface area contributed by atoms with Crippen LogP contribution in [0.2, 0.25) is 0 Å². The quantitative estimate of drug-likeness (QED) is 0.0771. The van der Waals surface area contributed by atoms with Crippen LogP contribution in [-0.2, 0) is 62.0 Å². The first kappa shape index (κ1) is 38.6. The average molecular weight is 617 g/mol. The summed E-state index contributed by atoms with van der Waals surface area (Å²) in [6.07, 6.45) is -0.811. The highest BCUT2D eigenvalue weighted by molar-refractivity contribution is 8.13. The minimum atomic E-state index is -1.29. The molecule has 1 aliphatic heterocycles. The number of esters is 4. The van der Waals surface area contributed by atoms with Crippen molar-refractivity contribution in [1.82, 2.24) is 5.06 Å². The van der Waals surface area contributed by atoms with Gasteiger partial charge >= 0.3 is 35.3 Å². The molecule has 228 valence electrons. The lowest BCUT2D eigenvalue weighted by atomic mass is 10.3. The largest absolute Gasteiger partial charge is 0.536 e. The van der Waals surface area contributed by atoms with Crippen molar-refractivity contribution in [2.24, 2.45) is 5.73 Å². The summed E-state index contributed by atoms with van der Waals surface area (Å²) in [6.45, 7) is 2.74. The van der Waals surface area contributed by atoms with E-state index in [2.05, 4.69) is 45.9 Å². The molecule has 0 radical (unpaired) electrons. The van der Waals surface area contributed by atoms with Crippen LogP contribution in [0.4, 0.5) is 9.59 Å². The highest BCUT2D eigenvalue weighted by Crippen LogP contribution is 2.12. The van der Waals surface area contributed by atoms with Crippen molar-refractivity contribution in [1.29, 1.82) is 0 Å². The van der Waals surface area contributed by atoms with Crippen LogP contribution in [0.25, 0.3) is 0 Å². The number of amides is 2. The van der Waals surface area contributed by atoms with Gasteiger partial charge in [-0.15, -0.1) is 0 Å². The molecular weight excluding hydrogens is 584 g/mol. The number of rotatable bonds is 12. The fraction of sp³-hybridized carbons (Fsp3) is 0.619. The molecule has 0 spiro atoms. The van der Waals surface area contributed by atoms with Crippen LogP contribution in [0, 0.1) is 0 Å². The van der Waals surface area contributed by atoms with Crippen molar-refractivity contribution >= 4 is 71.5 Å². The predicted octanol–water partition coefficient (Wildman–Crippen LogP) is 0.820. The molecule has 1 aliphatic rings. The van der Waals surface area contributed by atoms with Gasteiger partial charge < -0.3 is 34.2 Å². The zero-order chi connectivity index (χ0) is 30.9. The molecular formula is C21H32N2O15S2. The third-order valence-corrected chi connectivity index (χ3v) is 4.51. The lowest BCUT2D eigenvalue weighted by Crippen LogP contribution is -2.32. The van der Waals surface area contributed by atoms with E-state index < -0.39 is 67.5 Å². The zero-order valence-electron chi connectivity index (χ0n) is 22.1. The van der Waals surface area contributed by atoms with E-state index in [4.69, 9.17) is 5.73 Å². The van der Waals surface area contributed by atoms with E-state index in [0.29, 0.717) is 23.8 Å². The second-order valence-corrected chi connectivity index (χ2v) is 8.18. The summed E-state index contributed by atoms with van der Waals surface area (Å²) in [4.78, 5) is 90.5. The van der Waals surface area contributed by atoms with Gasteiger partial charge in [0.05, 0.1) is 0 Å². The number of carbonyl (C=O) groups excluding carboxylic acids is 8. The van der Waals surface area contributed by atoms with E-state index in [0.717, 1.165) is 24.4 Å². The normalized spacial score (nSPS) is 11.5. The van der Waals surface area contributed by atoms with Crippen LogP contribution in [0.1, 0.15) is 46.5 Å². The maximum atomic E-state index is 11.1. The summed E-state index contributed by atoms with van der Waals surface area (Å²) in [5.41, 5.74) is 4.95. The fourth-order valence-electron chi connectivity index (χ4n) is 1.74. The van der Waals surface area contributed by atoms with Gasteiger partial charge in [0.25, 0.3) is 11.8 Å². The van der Waals surface area contributed by atoms with Crippen molar-refractivity contribution in [3.63, 3.8) is 0 Å². The second kappa shape index (κ2) is 24.5. The van der Waals surface area contributed by atoms with E-state index in [1.165, 1.54) is 13.8 Å². The molecule has 0 bridgehead atoms. The summed E-state index contributed by atoms with van der Waals surface area (Å²) in [7, 11) is 0. The molecule has 2 amide bonds. The van der Waals surface area contributed by atoms with Crippen LogP contribution >= 0.6 is 24.4 Å². The first-order valence-corrected chi connectivity index (χ1v) is 12.8. The lowest BCUT2D eigenvalue weighted by Gasteiger charge is -2.11. The number of nitrogens with two attached hydrogens (primary N) is 1. The number of thiol groups is 1. The van der Waals surface area contributed by atoms with Gasteiger partial charge in [-0.1, -0.05) is 5.06 Å². The molecule has 2 N–H and O–H groups in total. The molecule has 17 nitrogen and oxygen atoms in total. The summed E-state index contributed by atoms with van der Waals surface area (Å²) in [5, 5.41) is -0.268. The first-order chi connectivity index (χ1) is 18.8. The Morgan fingerprint density at radius 3 is 1.70 bits per heavy atom. The maximum Gasteiger partial charge on any atom is 0.536 e. The summed E-state index contributed by atoms with van der Waals surface area (Å²) < 4.78 is 26.5. The van der Waals surface area contributed by atoms with Gasteiger partial charge in [-0.05, 0) is 18.2 Å². The number of imide groups is 1. The van der Waals surface area contributed by atoms with Crippen LogP contribution in [0.3, 0.4) is 0 Å². The molecule has 0 aromatic carbocycles. The lowest BCUT2D eigenvalue weighted by molar-refractivity contribution is -0.182. The molecule has 1 heterocycles. The summed E-state index contributed by atoms with van der Waals surface area (Å²) >= 11 is 4.65. The Labute approximate surface area is 238 Å². The molecule has 1 fully saturated rings. The standard InChI is InChI=1S/C11H16O8S.C8H9NO7.C2H7NS/c1-8(12)16-6-18-10(14)4-3-5-20-11(15)19-7-17-9(2)13;1-5(10)14-4-15-8(13)16-9-6(11)2-3-7(9)12;3-1-2-4/h3-7H2,1-2H3;2-4H2,1H3;4H,1-3H2. The van der Waals surface area contributed by atoms with E-state index >= 15 is 0 Å².